The Morgan fingerprint density at radius 1 is 1.20 bits per heavy atom. The first kappa shape index (κ1) is 17.4. The summed E-state index contributed by atoms with van der Waals surface area (Å²) in [4.78, 5) is 16.0. The lowest BCUT2D eigenvalue weighted by Gasteiger charge is -2.16. The van der Waals surface area contributed by atoms with Crippen LogP contribution in [-0.4, -0.2) is 29.8 Å². The Balaban J connectivity index is 1.48. The summed E-state index contributed by atoms with van der Waals surface area (Å²) in [5.41, 5.74) is 2.92. The minimum absolute atomic E-state index is 0.222. The number of rotatable bonds is 6. The zero-order valence-corrected chi connectivity index (χ0v) is 14.4. The molecule has 1 aromatic carbocycles. The van der Waals surface area contributed by atoms with Crippen molar-refractivity contribution < 1.29 is 9.53 Å². The Kier molecular flexibility index (Phi) is 5.98. The number of urea groups is 1. The predicted octanol–water partition coefficient (Wildman–Crippen LogP) is 2.67. The number of hydrogen-bond acceptors (Lipinski definition) is 4. The number of carbonyl (C=O) groups is 1. The van der Waals surface area contributed by atoms with Crippen LogP contribution in [0.5, 0.6) is 0 Å². The van der Waals surface area contributed by atoms with Crippen molar-refractivity contribution >= 4 is 11.7 Å². The molecule has 0 bridgehead atoms. The Morgan fingerprint density at radius 3 is 2.80 bits per heavy atom. The van der Waals surface area contributed by atoms with E-state index >= 15 is 0 Å². The first-order chi connectivity index (χ1) is 12.2. The Hall–Kier alpha value is -2.44. The number of carbonyl (C=O) groups excluding carboxylic acids is 1. The Bertz CT molecular complexity index is 693. The number of benzene rings is 1. The van der Waals surface area contributed by atoms with E-state index in [1.807, 2.05) is 36.4 Å². The second kappa shape index (κ2) is 8.60. The Morgan fingerprint density at radius 2 is 2.04 bits per heavy atom. The van der Waals surface area contributed by atoms with Crippen LogP contribution in [0.3, 0.4) is 0 Å². The number of nitrogens with zero attached hydrogens (tertiary/aromatic N) is 1. The lowest BCUT2D eigenvalue weighted by Crippen LogP contribution is -2.34. The second-order valence-corrected chi connectivity index (χ2v) is 6.22. The fourth-order valence-corrected chi connectivity index (χ4v) is 2.87. The van der Waals surface area contributed by atoms with Crippen LogP contribution < -0.4 is 16.0 Å². The molecule has 3 N–H and O–H groups in total. The standard InChI is InChI=1S/C19H24N4O2/c1-14-18(7-10-25-14)21-13-16-3-2-4-17(11-16)23-19(24)22-12-15-5-8-20-9-6-15/h2-6,8-9,11,14,18,21H,7,10,12-13H2,1H3,(H2,22,23,24)/t14-,18+/m0/s1. The minimum Gasteiger partial charge on any atom is -0.377 e. The van der Waals surface area contributed by atoms with Crippen LogP contribution in [0.1, 0.15) is 24.5 Å². The summed E-state index contributed by atoms with van der Waals surface area (Å²) in [5.74, 6) is 0. The van der Waals surface area contributed by atoms with Crippen LogP contribution >= 0.6 is 0 Å². The lowest BCUT2D eigenvalue weighted by molar-refractivity contribution is 0.113. The van der Waals surface area contributed by atoms with Gasteiger partial charge in [0, 0.05) is 43.8 Å². The molecule has 1 aliphatic rings. The van der Waals surface area contributed by atoms with E-state index in [0.29, 0.717) is 12.6 Å². The van der Waals surface area contributed by atoms with Gasteiger partial charge in [-0.2, -0.15) is 0 Å². The number of hydrogen-bond donors (Lipinski definition) is 3. The van der Waals surface area contributed by atoms with E-state index in [1.165, 1.54) is 0 Å². The number of pyridine rings is 1. The SMILES string of the molecule is C[C@@H]1OCC[C@H]1NCc1cccc(NC(=O)NCc2ccncc2)c1. The van der Waals surface area contributed by atoms with Gasteiger partial charge in [-0.15, -0.1) is 0 Å². The number of anilines is 1. The summed E-state index contributed by atoms with van der Waals surface area (Å²) >= 11 is 0. The molecule has 0 saturated carbocycles. The highest BCUT2D eigenvalue weighted by atomic mass is 16.5. The zero-order valence-electron chi connectivity index (χ0n) is 14.4. The summed E-state index contributed by atoms with van der Waals surface area (Å²) in [6, 6.07) is 11.8. The summed E-state index contributed by atoms with van der Waals surface area (Å²) in [7, 11) is 0. The van der Waals surface area contributed by atoms with E-state index in [2.05, 4.69) is 27.9 Å². The van der Waals surface area contributed by atoms with Crippen molar-refractivity contribution in [3.63, 3.8) is 0 Å². The summed E-state index contributed by atoms with van der Waals surface area (Å²) in [6.07, 6.45) is 4.71. The highest BCUT2D eigenvalue weighted by molar-refractivity contribution is 5.89. The molecule has 1 aromatic heterocycles. The van der Waals surface area contributed by atoms with Crippen molar-refractivity contribution in [3.8, 4) is 0 Å². The third kappa shape index (κ3) is 5.27. The maximum Gasteiger partial charge on any atom is 0.319 e. The number of nitrogens with one attached hydrogen (secondary N) is 3. The van der Waals surface area contributed by atoms with Gasteiger partial charge in [-0.25, -0.2) is 4.79 Å². The first-order valence-electron chi connectivity index (χ1n) is 8.58. The summed E-state index contributed by atoms with van der Waals surface area (Å²) in [6.45, 7) is 4.13. The highest BCUT2D eigenvalue weighted by Gasteiger charge is 2.23. The van der Waals surface area contributed by atoms with Gasteiger partial charge in [-0.1, -0.05) is 12.1 Å². The molecule has 1 saturated heterocycles. The average molecular weight is 340 g/mol. The van der Waals surface area contributed by atoms with E-state index in [1.54, 1.807) is 12.4 Å². The molecular weight excluding hydrogens is 316 g/mol. The van der Waals surface area contributed by atoms with E-state index in [-0.39, 0.29) is 12.1 Å². The lowest BCUT2D eigenvalue weighted by atomic mass is 10.1. The largest absolute Gasteiger partial charge is 0.377 e. The summed E-state index contributed by atoms with van der Waals surface area (Å²) in [5, 5.41) is 9.23. The van der Waals surface area contributed by atoms with Crippen molar-refractivity contribution in [3.05, 3.63) is 59.9 Å². The van der Waals surface area contributed by atoms with E-state index in [9.17, 15) is 4.79 Å². The molecule has 0 unspecified atom stereocenters. The van der Waals surface area contributed by atoms with E-state index in [4.69, 9.17) is 4.74 Å². The molecule has 0 aliphatic carbocycles. The van der Waals surface area contributed by atoms with Crippen molar-refractivity contribution in [2.24, 2.45) is 0 Å². The average Bonchev–Trinajstić information content (AvgIpc) is 3.04. The molecule has 2 atom stereocenters. The van der Waals surface area contributed by atoms with Gasteiger partial charge in [0.25, 0.3) is 0 Å². The van der Waals surface area contributed by atoms with Gasteiger partial charge in [0.15, 0.2) is 0 Å². The molecule has 1 aliphatic heterocycles. The van der Waals surface area contributed by atoms with Gasteiger partial charge >= 0.3 is 6.03 Å². The third-order valence-corrected chi connectivity index (χ3v) is 4.33. The molecule has 0 radical (unpaired) electrons. The second-order valence-electron chi connectivity index (χ2n) is 6.22. The zero-order chi connectivity index (χ0) is 17.5. The van der Waals surface area contributed by atoms with Crippen molar-refractivity contribution in [2.45, 2.75) is 38.6 Å². The monoisotopic (exact) mass is 340 g/mol. The van der Waals surface area contributed by atoms with Crippen LogP contribution in [-0.2, 0) is 17.8 Å². The van der Waals surface area contributed by atoms with Gasteiger partial charge in [0.05, 0.1) is 6.10 Å². The fraction of sp³-hybridized carbons (Fsp3) is 0.368. The molecular formula is C19H24N4O2. The minimum atomic E-state index is -0.222. The molecule has 1 fully saturated rings. The quantitative estimate of drug-likeness (QED) is 0.756. The van der Waals surface area contributed by atoms with Gasteiger partial charge in [0.1, 0.15) is 0 Å². The molecule has 6 heteroatoms. The number of amides is 2. The van der Waals surface area contributed by atoms with Crippen LogP contribution in [0, 0.1) is 0 Å². The van der Waals surface area contributed by atoms with Crippen LogP contribution in [0.25, 0.3) is 0 Å². The van der Waals surface area contributed by atoms with Crippen LogP contribution in [0.2, 0.25) is 0 Å². The molecule has 2 aromatic rings. The van der Waals surface area contributed by atoms with Crippen LogP contribution in [0.4, 0.5) is 10.5 Å². The molecule has 6 nitrogen and oxygen atoms in total. The van der Waals surface area contributed by atoms with E-state index in [0.717, 1.165) is 36.4 Å². The molecule has 2 amide bonds. The molecule has 3 rings (SSSR count). The fourth-order valence-electron chi connectivity index (χ4n) is 2.87. The van der Waals surface area contributed by atoms with Gasteiger partial charge in [0.2, 0.25) is 0 Å². The maximum atomic E-state index is 12.0. The van der Waals surface area contributed by atoms with Gasteiger partial charge in [-0.05, 0) is 48.7 Å². The van der Waals surface area contributed by atoms with E-state index < -0.39 is 0 Å². The van der Waals surface area contributed by atoms with Crippen molar-refractivity contribution in [2.75, 3.05) is 11.9 Å². The molecule has 0 spiro atoms. The number of ether oxygens (including phenoxy) is 1. The predicted molar refractivity (Wildman–Crippen MR) is 97.2 cm³/mol. The topological polar surface area (TPSA) is 75.3 Å². The van der Waals surface area contributed by atoms with Gasteiger partial charge in [-0.3, -0.25) is 4.98 Å². The molecule has 2 heterocycles. The smallest absolute Gasteiger partial charge is 0.319 e. The highest BCUT2D eigenvalue weighted by Crippen LogP contribution is 2.15. The maximum absolute atomic E-state index is 12.0. The number of aromatic nitrogens is 1. The third-order valence-electron chi connectivity index (χ3n) is 4.33. The normalized spacial score (nSPS) is 19.6. The summed E-state index contributed by atoms with van der Waals surface area (Å²) < 4.78 is 5.56. The molecule has 25 heavy (non-hydrogen) atoms. The van der Waals surface area contributed by atoms with Crippen LogP contribution in [0.15, 0.2) is 48.8 Å². The van der Waals surface area contributed by atoms with Gasteiger partial charge < -0.3 is 20.7 Å². The van der Waals surface area contributed by atoms with Crippen molar-refractivity contribution in [1.82, 2.24) is 15.6 Å². The molecule has 132 valence electrons. The first-order valence-corrected chi connectivity index (χ1v) is 8.58. The van der Waals surface area contributed by atoms with Crippen molar-refractivity contribution in [1.29, 1.82) is 0 Å². The Labute approximate surface area is 148 Å².